The van der Waals surface area contributed by atoms with E-state index < -0.39 is 18.0 Å². The summed E-state index contributed by atoms with van der Waals surface area (Å²) in [6.45, 7) is 2.95. The van der Waals surface area contributed by atoms with Gasteiger partial charge in [0.25, 0.3) is 5.91 Å². The highest BCUT2D eigenvalue weighted by atomic mass is 32.1. The largest absolute Gasteiger partial charge is 0.449 e. The van der Waals surface area contributed by atoms with E-state index in [1.54, 1.807) is 47.5 Å². The molecule has 3 aromatic heterocycles. The van der Waals surface area contributed by atoms with Gasteiger partial charge in [0.1, 0.15) is 34.0 Å². The number of carbonyl (C=O) groups is 2. The van der Waals surface area contributed by atoms with E-state index in [1.807, 2.05) is 12.1 Å². The molecule has 0 bridgehead atoms. The van der Waals surface area contributed by atoms with Crippen molar-refractivity contribution in [1.29, 1.82) is 10.5 Å². The molecule has 0 aromatic carbocycles. The highest BCUT2D eigenvalue weighted by Gasteiger charge is 2.28. The highest BCUT2D eigenvalue weighted by molar-refractivity contribution is 7.14. The number of nitriles is 2. The van der Waals surface area contributed by atoms with E-state index >= 15 is 0 Å². The molecule has 0 saturated carbocycles. The lowest BCUT2D eigenvalue weighted by molar-refractivity contribution is -0.123. The molecule has 0 aliphatic carbocycles. The number of aromatic nitrogens is 1. The molecule has 0 saturated heterocycles. The molecule has 0 spiro atoms. The molecular weight excluding hydrogens is 380 g/mol. The molecule has 0 unspecified atom stereocenters. The zero-order chi connectivity index (χ0) is 20.3. The van der Waals surface area contributed by atoms with Gasteiger partial charge in [-0.2, -0.15) is 10.5 Å². The summed E-state index contributed by atoms with van der Waals surface area (Å²) in [5.74, 6) is -1.02. The van der Waals surface area contributed by atoms with Crippen molar-refractivity contribution in [3.63, 3.8) is 0 Å². The highest BCUT2D eigenvalue weighted by Crippen LogP contribution is 2.27. The van der Waals surface area contributed by atoms with Crippen LogP contribution in [0.2, 0.25) is 0 Å². The van der Waals surface area contributed by atoms with Crippen LogP contribution < -0.4 is 5.32 Å². The zero-order valence-electron chi connectivity index (χ0n) is 14.9. The van der Waals surface area contributed by atoms with Gasteiger partial charge in [-0.3, -0.25) is 9.36 Å². The second kappa shape index (κ2) is 7.82. The third-order valence-corrected chi connectivity index (χ3v) is 4.73. The lowest BCUT2D eigenvalue weighted by Gasteiger charge is -2.12. The van der Waals surface area contributed by atoms with Crippen molar-refractivity contribution >= 4 is 28.2 Å². The van der Waals surface area contributed by atoms with Gasteiger partial charge in [-0.05, 0) is 37.4 Å². The van der Waals surface area contributed by atoms with Crippen molar-refractivity contribution in [1.82, 2.24) is 4.57 Å². The Morgan fingerprint density at radius 1 is 1.29 bits per heavy atom. The Morgan fingerprint density at radius 3 is 2.64 bits per heavy atom. The first-order valence-corrected chi connectivity index (χ1v) is 9.00. The number of carbonyl (C=O) groups excluding carboxylic acids is 2. The van der Waals surface area contributed by atoms with Gasteiger partial charge in [0.2, 0.25) is 5.88 Å². The standard InChI is InChI=1S/C19H14N4O4S/c1-11-15(14(10-21)18(26-11)23-6-3-4-7-23)19(25)27-12(2)16(24)22-17-13(9-20)5-8-28-17/h3-8,12H,1-2H3,(H,22,24)/t12-/m0/s1. The van der Waals surface area contributed by atoms with E-state index in [-0.39, 0.29) is 22.8 Å². The third-order valence-electron chi connectivity index (χ3n) is 3.90. The Balaban J connectivity index is 1.79. The number of nitrogens with one attached hydrogen (secondary N) is 1. The Labute approximate surface area is 164 Å². The van der Waals surface area contributed by atoms with Gasteiger partial charge in [-0.25, -0.2) is 4.79 Å². The van der Waals surface area contributed by atoms with Crippen LogP contribution in [-0.4, -0.2) is 22.5 Å². The van der Waals surface area contributed by atoms with Gasteiger partial charge >= 0.3 is 5.97 Å². The summed E-state index contributed by atoms with van der Waals surface area (Å²) in [5, 5.41) is 23.1. The van der Waals surface area contributed by atoms with Gasteiger partial charge in [-0.15, -0.1) is 11.3 Å². The molecule has 3 rings (SSSR count). The van der Waals surface area contributed by atoms with Crippen LogP contribution in [0.5, 0.6) is 0 Å². The van der Waals surface area contributed by atoms with E-state index in [0.29, 0.717) is 10.6 Å². The smallest absolute Gasteiger partial charge is 0.343 e. The lowest BCUT2D eigenvalue weighted by Crippen LogP contribution is -2.30. The monoisotopic (exact) mass is 394 g/mol. The van der Waals surface area contributed by atoms with Crippen LogP contribution in [0.25, 0.3) is 5.88 Å². The van der Waals surface area contributed by atoms with Crippen LogP contribution in [0.3, 0.4) is 0 Å². The molecule has 28 heavy (non-hydrogen) atoms. The average Bonchev–Trinajstić information content (AvgIpc) is 3.40. The maximum Gasteiger partial charge on any atom is 0.343 e. The van der Waals surface area contributed by atoms with Crippen LogP contribution in [0.15, 0.2) is 40.4 Å². The third kappa shape index (κ3) is 3.52. The molecule has 3 heterocycles. The van der Waals surface area contributed by atoms with E-state index in [9.17, 15) is 14.9 Å². The predicted molar refractivity (Wildman–Crippen MR) is 100 cm³/mol. The van der Waals surface area contributed by atoms with E-state index in [1.165, 1.54) is 18.3 Å². The number of hydrogen-bond donors (Lipinski definition) is 1. The fourth-order valence-corrected chi connectivity index (χ4v) is 3.25. The number of furan rings is 1. The maximum absolute atomic E-state index is 12.6. The summed E-state index contributed by atoms with van der Waals surface area (Å²) >= 11 is 1.19. The molecule has 140 valence electrons. The fraction of sp³-hybridized carbons (Fsp3) is 0.158. The zero-order valence-corrected chi connectivity index (χ0v) is 15.7. The van der Waals surface area contributed by atoms with Crippen molar-refractivity contribution in [3.8, 4) is 18.0 Å². The van der Waals surface area contributed by atoms with Crippen LogP contribution in [0.1, 0.15) is 34.2 Å². The number of rotatable bonds is 5. The first kappa shape index (κ1) is 19.0. The summed E-state index contributed by atoms with van der Waals surface area (Å²) in [4.78, 5) is 24.9. The van der Waals surface area contributed by atoms with Crippen LogP contribution in [0, 0.1) is 29.6 Å². The normalized spacial score (nSPS) is 11.3. The number of amides is 1. The SMILES string of the molecule is Cc1oc(-n2cccc2)c(C#N)c1C(=O)O[C@@H](C)C(=O)Nc1sccc1C#N. The van der Waals surface area contributed by atoms with Crippen molar-refractivity contribution in [3.05, 3.63) is 58.4 Å². The van der Waals surface area contributed by atoms with Gasteiger partial charge in [0.15, 0.2) is 6.10 Å². The minimum atomic E-state index is -1.14. The number of aryl methyl sites for hydroxylation is 1. The van der Waals surface area contributed by atoms with Crippen molar-refractivity contribution < 1.29 is 18.7 Å². The summed E-state index contributed by atoms with van der Waals surface area (Å²) in [5.41, 5.74) is 0.321. The Hall–Kier alpha value is -3.82. The molecule has 1 atom stereocenters. The van der Waals surface area contributed by atoms with Crippen molar-refractivity contribution in [2.45, 2.75) is 20.0 Å². The summed E-state index contributed by atoms with van der Waals surface area (Å²) in [6, 6.07) is 9.00. The molecule has 3 aromatic rings. The average molecular weight is 394 g/mol. The molecule has 8 nitrogen and oxygen atoms in total. The van der Waals surface area contributed by atoms with Crippen molar-refractivity contribution in [2.75, 3.05) is 5.32 Å². The van der Waals surface area contributed by atoms with Gasteiger partial charge in [0, 0.05) is 12.4 Å². The molecule has 0 radical (unpaired) electrons. The summed E-state index contributed by atoms with van der Waals surface area (Å²) < 4.78 is 12.4. The molecule has 0 aliphatic rings. The molecule has 1 N–H and O–H groups in total. The van der Waals surface area contributed by atoms with Crippen LogP contribution >= 0.6 is 11.3 Å². The Bertz CT molecular complexity index is 1110. The second-order valence-corrected chi connectivity index (χ2v) is 6.64. The minimum Gasteiger partial charge on any atom is -0.449 e. The van der Waals surface area contributed by atoms with E-state index in [4.69, 9.17) is 14.4 Å². The number of nitrogens with zero attached hydrogens (tertiary/aromatic N) is 3. The summed E-state index contributed by atoms with van der Waals surface area (Å²) in [7, 11) is 0. The maximum atomic E-state index is 12.6. The topological polar surface area (TPSA) is 121 Å². The number of ether oxygens (including phenoxy) is 1. The molecular formula is C19H14N4O4S. The predicted octanol–water partition coefficient (Wildman–Crippen LogP) is 3.37. The number of esters is 1. The molecule has 0 fully saturated rings. The second-order valence-electron chi connectivity index (χ2n) is 5.73. The number of thiophene rings is 1. The van der Waals surface area contributed by atoms with Crippen LogP contribution in [-0.2, 0) is 9.53 Å². The van der Waals surface area contributed by atoms with Crippen LogP contribution in [0.4, 0.5) is 5.00 Å². The fourth-order valence-electron chi connectivity index (χ4n) is 2.51. The molecule has 1 amide bonds. The van der Waals surface area contributed by atoms with Gasteiger partial charge in [-0.1, -0.05) is 0 Å². The number of anilines is 1. The van der Waals surface area contributed by atoms with Gasteiger partial charge in [0.05, 0.1) is 5.56 Å². The first-order valence-electron chi connectivity index (χ1n) is 8.12. The van der Waals surface area contributed by atoms with Crippen molar-refractivity contribution in [2.24, 2.45) is 0 Å². The number of hydrogen-bond acceptors (Lipinski definition) is 7. The van der Waals surface area contributed by atoms with E-state index in [2.05, 4.69) is 5.32 Å². The lowest BCUT2D eigenvalue weighted by atomic mass is 10.1. The van der Waals surface area contributed by atoms with Gasteiger partial charge < -0.3 is 14.5 Å². The summed E-state index contributed by atoms with van der Waals surface area (Å²) in [6.07, 6.45) is 2.22. The molecule has 9 heteroatoms. The minimum absolute atomic E-state index is 0.0244. The Kier molecular flexibility index (Phi) is 5.30. The van der Waals surface area contributed by atoms with E-state index in [0.717, 1.165) is 0 Å². The quantitative estimate of drug-likeness (QED) is 0.662. The Morgan fingerprint density at radius 2 is 2.00 bits per heavy atom. The first-order chi connectivity index (χ1) is 13.5. The molecule has 0 aliphatic heterocycles.